The number of hydrogen-bond acceptors (Lipinski definition) is 7. The molecule has 3 rings (SSSR count). The van der Waals surface area contributed by atoms with E-state index in [1.54, 1.807) is 43.3 Å². The fraction of sp³-hybridized carbons (Fsp3) is 0.182. The van der Waals surface area contributed by atoms with Gasteiger partial charge in [-0.15, -0.1) is 0 Å². The van der Waals surface area contributed by atoms with E-state index in [2.05, 4.69) is 15.6 Å². The number of halogens is 1. The maximum Gasteiger partial charge on any atom is 0.411 e. The molecule has 5 N–H and O–H groups in total. The summed E-state index contributed by atoms with van der Waals surface area (Å²) in [5.41, 5.74) is 8.03. The Balaban J connectivity index is 0.000000294. The Hall–Kier alpha value is -3.70. The van der Waals surface area contributed by atoms with Gasteiger partial charge in [0.2, 0.25) is 0 Å². The van der Waals surface area contributed by atoms with Gasteiger partial charge in [-0.2, -0.15) is 8.42 Å². The topological polar surface area (TPSA) is 144 Å². The van der Waals surface area contributed by atoms with E-state index in [1.165, 1.54) is 24.3 Å². The highest BCUT2D eigenvalue weighted by molar-refractivity contribution is 7.85. The average molecular weight is 477 g/mol. The first-order chi connectivity index (χ1) is 15.6. The van der Waals surface area contributed by atoms with Crippen LogP contribution in [0, 0.1) is 12.7 Å². The number of carbonyl (C=O) groups is 1. The van der Waals surface area contributed by atoms with Crippen LogP contribution in [0.5, 0.6) is 0 Å². The van der Waals surface area contributed by atoms with Crippen LogP contribution in [0.4, 0.5) is 26.5 Å². The second kappa shape index (κ2) is 11.8. The zero-order chi connectivity index (χ0) is 24.4. The highest BCUT2D eigenvalue weighted by atomic mass is 32.2. The number of nitrogens with zero attached hydrogens (tertiary/aromatic N) is 1. The van der Waals surface area contributed by atoms with Gasteiger partial charge in [-0.25, -0.2) is 14.2 Å². The van der Waals surface area contributed by atoms with Crippen molar-refractivity contribution in [1.82, 2.24) is 4.98 Å². The van der Waals surface area contributed by atoms with Gasteiger partial charge in [-0.05, 0) is 55.8 Å². The minimum absolute atomic E-state index is 0.0666. The molecule has 0 atom stereocenters. The monoisotopic (exact) mass is 476 g/mol. The number of nitrogens with two attached hydrogens (primary N) is 1. The van der Waals surface area contributed by atoms with Gasteiger partial charge in [-0.3, -0.25) is 9.87 Å². The highest BCUT2D eigenvalue weighted by Crippen LogP contribution is 2.19. The van der Waals surface area contributed by atoms with E-state index in [-0.39, 0.29) is 23.1 Å². The van der Waals surface area contributed by atoms with E-state index in [1.807, 2.05) is 6.92 Å². The lowest BCUT2D eigenvalue weighted by molar-refractivity contribution is 0.168. The normalized spacial score (nSPS) is 10.5. The maximum absolute atomic E-state index is 12.8. The van der Waals surface area contributed by atoms with Crippen LogP contribution in [0.15, 0.2) is 65.6 Å². The van der Waals surface area contributed by atoms with Crippen molar-refractivity contribution in [3.05, 3.63) is 77.6 Å². The molecular formula is C22H25FN4O5S. The number of benzene rings is 2. The molecule has 1 amide bonds. The van der Waals surface area contributed by atoms with E-state index >= 15 is 0 Å². The van der Waals surface area contributed by atoms with E-state index in [0.717, 1.165) is 11.1 Å². The van der Waals surface area contributed by atoms with Crippen LogP contribution in [0.3, 0.4) is 0 Å². The standard InChI is InChI=1S/C15H17FN4O2.C7H8O3S/c1-2-22-15(21)19-12-7-8-13(20-14(12)17)18-9-10-3-5-11(16)6-4-10;1-6-2-4-7(5-3-6)11(8,9)10/h3-8H,2,9H2,1H3,(H,19,21)(H3,17,18,20);2-5H,1H3,(H,8,9,10). The lowest BCUT2D eigenvalue weighted by Crippen LogP contribution is -2.15. The summed E-state index contributed by atoms with van der Waals surface area (Å²) in [5, 5.41) is 5.57. The minimum atomic E-state index is -4.02. The third kappa shape index (κ3) is 8.75. The van der Waals surface area contributed by atoms with Crippen molar-refractivity contribution in [1.29, 1.82) is 0 Å². The van der Waals surface area contributed by atoms with Gasteiger partial charge >= 0.3 is 6.09 Å². The molecule has 0 aliphatic carbocycles. The largest absolute Gasteiger partial charge is 0.450 e. The first kappa shape index (κ1) is 25.6. The maximum atomic E-state index is 12.8. The number of nitrogens with one attached hydrogen (secondary N) is 2. The van der Waals surface area contributed by atoms with Crippen molar-refractivity contribution in [2.24, 2.45) is 0 Å². The molecule has 3 aromatic rings. The third-order valence-corrected chi connectivity index (χ3v) is 5.01. The molecule has 0 fully saturated rings. The number of anilines is 3. The van der Waals surface area contributed by atoms with Crippen LogP contribution in [-0.4, -0.2) is 30.7 Å². The number of carbonyl (C=O) groups excluding carboxylic acids is 1. The molecule has 0 bridgehead atoms. The Morgan fingerprint density at radius 3 is 2.27 bits per heavy atom. The van der Waals surface area contributed by atoms with Crippen molar-refractivity contribution >= 4 is 33.5 Å². The summed E-state index contributed by atoms with van der Waals surface area (Å²) in [5.74, 6) is 0.453. The number of aryl methyl sites for hydroxylation is 1. The molecular weight excluding hydrogens is 451 g/mol. The molecule has 1 heterocycles. The molecule has 11 heteroatoms. The Bertz CT molecular complexity index is 1170. The fourth-order valence-electron chi connectivity index (χ4n) is 2.46. The molecule has 0 aliphatic rings. The van der Waals surface area contributed by atoms with E-state index in [4.69, 9.17) is 15.0 Å². The van der Waals surface area contributed by atoms with Crippen molar-refractivity contribution < 1.29 is 26.9 Å². The van der Waals surface area contributed by atoms with Crippen molar-refractivity contribution in [3.8, 4) is 0 Å². The van der Waals surface area contributed by atoms with Gasteiger partial charge in [0.1, 0.15) is 17.5 Å². The number of pyridine rings is 1. The first-order valence-electron chi connectivity index (χ1n) is 9.81. The second-order valence-corrected chi connectivity index (χ2v) is 8.16. The number of rotatable bonds is 6. The summed E-state index contributed by atoms with van der Waals surface area (Å²) in [4.78, 5) is 15.4. The van der Waals surface area contributed by atoms with E-state index in [9.17, 15) is 17.6 Å². The summed E-state index contributed by atoms with van der Waals surface area (Å²) >= 11 is 0. The second-order valence-electron chi connectivity index (χ2n) is 6.74. The SMILES string of the molecule is CCOC(=O)Nc1ccc(NCc2ccc(F)cc2)nc1N.Cc1ccc(S(=O)(=O)O)cc1. The van der Waals surface area contributed by atoms with Gasteiger partial charge in [0.15, 0.2) is 0 Å². The van der Waals surface area contributed by atoms with Crippen LogP contribution >= 0.6 is 0 Å². The molecule has 0 radical (unpaired) electrons. The fourth-order valence-corrected chi connectivity index (χ4v) is 2.94. The van der Waals surface area contributed by atoms with Crippen LogP contribution in [0.1, 0.15) is 18.1 Å². The molecule has 9 nitrogen and oxygen atoms in total. The zero-order valence-corrected chi connectivity index (χ0v) is 18.9. The van der Waals surface area contributed by atoms with E-state index in [0.29, 0.717) is 18.1 Å². The predicted molar refractivity (Wildman–Crippen MR) is 124 cm³/mol. The minimum Gasteiger partial charge on any atom is -0.450 e. The van der Waals surface area contributed by atoms with Gasteiger partial charge in [0.25, 0.3) is 10.1 Å². The summed E-state index contributed by atoms with van der Waals surface area (Å²) in [6.07, 6.45) is -0.581. The molecule has 2 aromatic carbocycles. The Kier molecular flexibility index (Phi) is 9.13. The molecule has 0 saturated heterocycles. The molecule has 176 valence electrons. The highest BCUT2D eigenvalue weighted by Gasteiger charge is 2.08. The number of hydrogen-bond donors (Lipinski definition) is 4. The summed E-state index contributed by atoms with van der Waals surface area (Å²) in [7, 11) is -4.02. The molecule has 0 aliphatic heterocycles. The summed E-state index contributed by atoms with van der Waals surface area (Å²) in [6.45, 7) is 4.31. The van der Waals surface area contributed by atoms with Crippen molar-refractivity contribution in [2.45, 2.75) is 25.3 Å². The molecule has 0 unspecified atom stereocenters. The zero-order valence-electron chi connectivity index (χ0n) is 18.1. The number of nitrogen functional groups attached to an aromatic ring is 1. The van der Waals surface area contributed by atoms with Crippen LogP contribution < -0.4 is 16.4 Å². The third-order valence-electron chi connectivity index (χ3n) is 4.14. The van der Waals surface area contributed by atoms with Crippen molar-refractivity contribution in [3.63, 3.8) is 0 Å². The van der Waals surface area contributed by atoms with Crippen molar-refractivity contribution in [2.75, 3.05) is 23.0 Å². The van der Waals surface area contributed by atoms with Gasteiger partial charge in [0, 0.05) is 6.54 Å². The summed E-state index contributed by atoms with van der Waals surface area (Å²) in [6, 6.07) is 15.5. The molecule has 0 saturated carbocycles. The quantitative estimate of drug-likeness (QED) is 0.387. The number of aromatic nitrogens is 1. The Morgan fingerprint density at radius 1 is 1.09 bits per heavy atom. The van der Waals surface area contributed by atoms with Crippen LogP contribution in [-0.2, 0) is 21.4 Å². The van der Waals surface area contributed by atoms with E-state index < -0.39 is 16.2 Å². The Morgan fingerprint density at radius 2 is 1.73 bits per heavy atom. The first-order valence-corrected chi connectivity index (χ1v) is 11.2. The number of ether oxygens (including phenoxy) is 1. The van der Waals surface area contributed by atoms with Gasteiger partial charge in [0.05, 0.1) is 17.2 Å². The van der Waals surface area contributed by atoms with Gasteiger partial charge < -0.3 is 15.8 Å². The smallest absolute Gasteiger partial charge is 0.411 e. The van der Waals surface area contributed by atoms with Gasteiger partial charge in [-0.1, -0.05) is 29.8 Å². The number of amides is 1. The molecule has 33 heavy (non-hydrogen) atoms. The average Bonchev–Trinajstić information content (AvgIpc) is 2.75. The lowest BCUT2D eigenvalue weighted by Gasteiger charge is -2.10. The van der Waals surface area contributed by atoms with Crippen LogP contribution in [0.2, 0.25) is 0 Å². The Labute approximate surface area is 191 Å². The molecule has 0 spiro atoms. The molecule has 1 aromatic heterocycles. The predicted octanol–water partition coefficient (Wildman–Crippen LogP) is 4.23. The summed E-state index contributed by atoms with van der Waals surface area (Å²) < 4.78 is 47.1. The lowest BCUT2D eigenvalue weighted by atomic mass is 10.2. The van der Waals surface area contributed by atoms with Crippen LogP contribution in [0.25, 0.3) is 0 Å².